The lowest BCUT2D eigenvalue weighted by molar-refractivity contribution is -0.152. The van der Waals surface area contributed by atoms with Crippen LogP contribution in [0.4, 0.5) is 0 Å². The second-order valence-electron chi connectivity index (χ2n) is 5.76. The van der Waals surface area contributed by atoms with E-state index in [1.165, 1.54) is 0 Å². The maximum absolute atomic E-state index is 12.4. The molecule has 0 unspecified atom stereocenters. The number of hydrogen-bond acceptors (Lipinski definition) is 2. The van der Waals surface area contributed by atoms with Gasteiger partial charge in [0.05, 0.1) is 11.8 Å². The monoisotopic (exact) mass is 237 g/mol. The first-order valence-corrected chi connectivity index (χ1v) is 6.70. The molecule has 0 spiro atoms. The maximum atomic E-state index is 12.4. The smallest absolute Gasteiger partial charge is 0.307 e. The Morgan fingerprint density at radius 1 is 1.00 bits per heavy atom. The third-order valence-electron chi connectivity index (χ3n) is 4.90. The molecule has 0 aromatic heterocycles. The summed E-state index contributed by atoms with van der Waals surface area (Å²) in [6.07, 6.45) is 5.17. The van der Waals surface area contributed by atoms with Crippen LogP contribution in [0.25, 0.3) is 0 Å². The molecule has 3 rings (SSSR count). The van der Waals surface area contributed by atoms with Crippen LogP contribution in [0.3, 0.4) is 0 Å². The minimum atomic E-state index is -0.755. The van der Waals surface area contributed by atoms with Crippen molar-refractivity contribution in [2.75, 3.05) is 13.1 Å². The zero-order valence-corrected chi connectivity index (χ0v) is 9.97. The highest BCUT2D eigenvalue weighted by molar-refractivity contribution is 5.86. The molecule has 2 saturated carbocycles. The number of carbonyl (C=O) groups is 2. The first kappa shape index (κ1) is 11.1. The van der Waals surface area contributed by atoms with Gasteiger partial charge in [-0.3, -0.25) is 9.59 Å². The summed E-state index contributed by atoms with van der Waals surface area (Å²) in [6.45, 7) is 1.66. The lowest BCUT2D eigenvalue weighted by Crippen LogP contribution is -2.42. The molecular formula is C13H19NO3. The Morgan fingerprint density at radius 3 is 2.18 bits per heavy atom. The molecule has 1 N–H and O–H groups in total. The van der Waals surface area contributed by atoms with E-state index in [9.17, 15) is 14.7 Å². The van der Waals surface area contributed by atoms with Crippen LogP contribution >= 0.6 is 0 Å². The van der Waals surface area contributed by atoms with Crippen molar-refractivity contribution in [3.8, 4) is 0 Å². The molecule has 0 radical (unpaired) electrons. The quantitative estimate of drug-likeness (QED) is 0.788. The number of carboxylic acid groups (broad SMARTS) is 1. The van der Waals surface area contributed by atoms with Crippen LogP contribution in [-0.4, -0.2) is 35.0 Å². The van der Waals surface area contributed by atoms with Crippen molar-refractivity contribution in [1.29, 1.82) is 0 Å². The molecule has 1 heterocycles. The molecule has 3 fully saturated rings. The number of amides is 1. The van der Waals surface area contributed by atoms with E-state index in [0.717, 1.165) is 45.2 Å². The fourth-order valence-corrected chi connectivity index (χ4v) is 4.15. The lowest BCUT2D eigenvalue weighted by atomic mass is 9.78. The second-order valence-corrected chi connectivity index (χ2v) is 5.76. The van der Waals surface area contributed by atoms with Gasteiger partial charge < -0.3 is 10.0 Å². The molecular weight excluding hydrogens is 218 g/mol. The number of aliphatic carboxylic acids is 1. The Labute approximate surface area is 101 Å². The third-order valence-corrected chi connectivity index (χ3v) is 4.90. The molecule has 2 aliphatic carbocycles. The standard InChI is InChI=1S/C13H19NO3/c15-12(14-5-1-2-6-14)10-8-3-4-9(7-8)11(10)13(16)17/h8-11H,1-7H2,(H,16,17)/t8-,9-,10+,11+/m1/s1. The minimum absolute atomic E-state index is 0.127. The van der Waals surface area contributed by atoms with Crippen LogP contribution in [0, 0.1) is 23.7 Å². The molecule has 4 heteroatoms. The van der Waals surface area contributed by atoms with E-state index < -0.39 is 11.9 Å². The number of likely N-dealkylation sites (tertiary alicyclic amines) is 1. The van der Waals surface area contributed by atoms with Crippen molar-refractivity contribution < 1.29 is 14.7 Å². The number of carboxylic acids is 1. The third kappa shape index (κ3) is 1.65. The summed E-state index contributed by atoms with van der Waals surface area (Å²) >= 11 is 0. The summed E-state index contributed by atoms with van der Waals surface area (Å²) < 4.78 is 0. The molecule has 4 nitrogen and oxygen atoms in total. The summed E-state index contributed by atoms with van der Waals surface area (Å²) in [6, 6.07) is 0. The molecule has 3 aliphatic rings. The van der Waals surface area contributed by atoms with Crippen LogP contribution in [0.15, 0.2) is 0 Å². The van der Waals surface area contributed by atoms with Gasteiger partial charge in [-0.15, -0.1) is 0 Å². The maximum Gasteiger partial charge on any atom is 0.307 e. The Kier molecular flexibility index (Phi) is 2.60. The number of fused-ring (bicyclic) bond motifs is 2. The average molecular weight is 237 g/mol. The topological polar surface area (TPSA) is 57.6 Å². The fourth-order valence-electron chi connectivity index (χ4n) is 4.15. The van der Waals surface area contributed by atoms with Gasteiger partial charge in [0.25, 0.3) is 0 Å². The van der Waals surface area contributed by atoms with E-state index in [1.807, 2.05) is 4.90 Å². The Morgan fingerprint density at radius 2 is 1.59 bits per heavy atom. The Balaban J connectivity index is 1.80. The van der Waals surface area contributed by atoms with Crippen molar-refractivity contribution in [1.82, 2.24) is 4.90 Å². The predicted molar refractivity (Wildman–Crippen MR) is 61.3 cm³/mol. The fraction of sp³-hybridized carbons (Fsp3) is 0.846. The normalized spacial score (nSPS) is 39.9. The number of rotatable bonds is 2. The molecule has 0 aromatic carbocycles. The molecule has 1 amide bonds. The second kappa shape index (κ2) is 4.00. The van der Waals surface area contributed by atoms with Gasteiger partial charge in [-0.25, -0.2) is 0 Å². The van der Waals surface area contributed by atoms with Crippen LogP contribution in [-0.2, 0) is 9.59 Å². The molecule has 1 saturated heterocycles. The summed E-state index contributed by atoms with van der Waals surface area (Å²) in [5.41, 5.74) is 0. The largest absolute Gasteiger partial charge is 0.481 e. The minimum Gasteiger partial charge on any atom is -0.481 e. The van der Waals surface area contributed by atoms with Gasteiger partial charge in [-0.05, 0) is 43.9 Å². The average Bonchev–Trinajstić information content (AvgIpc) is 3.02. The van der Waals surface area contributed by atoms with Crippen molar-refractivity contribution in [2.45, 2.75) is 32.1 Å². The Hall–Kier alpha value is -1.06. The predicted octanol–water partition coefficient (Wildman–Crippen LogP) is 1.36. The molecule has 4 atom stereocenters. The van der Waals surface area contributed by atoms with Gasteiger partial charge >= 0.3 is 5.97 Å². The SMILES string of the molecule is O=C(O)[C@H]1[C@@H]2CC[C@H](C2)[C@@H]1C(=O)N1CCCC1. The number of carbonyl (C=O) groups excluding carboxylic acids is 1. The molecule has 17 heavy (non-hydrogen) atoms. The van der Waals surface area contributed by atoms with E-state index in [1.54, 1.807) is 0 Å². The van der Waals surface area contributed by atoms with Gasteiger partial charge in [0.1, 0.15) is 0 Å². The van der Waals surface area contributed by atoms with Gasteiger partial charge in [0.2, 0.25) is 5.91 Å². The highest BCUT2D eigenvalue weighted by Crippen LogP contribution is 2.53. The van der Waals surface area contributed by atoms with E-state index in [2.05, 4.69) is 0 Å². The van der Waals surface area contributed by atoms with Gasteiger partial charge in [0.15, 0.2) is 0 Å². The van der Waals surface area contributed by atoms with Gasteiger partial charge in [0, 0.05) is 13.1 Å². The lowest BCUT2D eigenvalue weighted by Gasteiger charge is -2.30. The van der Waals surface area contributed by atoms with Crippen LogP contribution < -0.4 is 0 Å². The van der Waals surface area contributed by atoms with E-state index in [-0.39, 0.29) is 17.7 Å². The molecule has 2 bridgehead atoms. The van der Waals surface area contributed by atoms with E-state index in [0.29, 0.717) is 5.92 Å². The summed E-state index contributed by atoms with van der Waals surface area (Å²) in [5, 5.41) is 9.33. The summed E-state index contributed by atoms with van der Waals surface area (Å²) in [4.78, 5) is 25.7. The van der Waals surface area contributed by atoms with Gasteiger partial charge in [-0.1, -0.05) is 0 Å². The summed E-state index contributed by atoms with van der Waals surface area (Å²) in [7, 11) is 0. The van der Waals surface area contributed by atoms with Gasteiger partial charge in [-0.2, -0.15) is 0 Å². The van der Waals surface area contributed by atoms with E-state index >= 15 is 0 Å². The highest BCUT2D eigenvalue weighted by Gasteiger charge is 2.54. The van der Waals surface area contributed by atoms with Crippen molar-refractivity contribution >= 4 is 11.9 Å². The zero-order valence-electron chi connectivity index (χ0n) is 9.97. The molecule has 1 aliphatic heterocycles. The van der Waals surface area contributed by atoms with Crippen LogP contribution in [0.2, 0.25) is 0 Å². The molecule has 0 aromatic rings. The zero-order chi connectivity index (χ0) is 12.0. The van der Waals surface area contributed by atoms with Crippen LogP contribution in [0.1, 0.15) is 32.1 Å². The van der Waals surface area contributed by atoms with Crippen molar-refractivity contribution in [3.05, 3.63) is 0 Å². The number of hydrogen-bond donors (Lipinski definition) is 1. The van der Waals surface area contributed by atoms with E-state index in [4.69, 9.17) is 0 Å². The van der Waals surface area contributed by atoms with Crippen LogP contribution in [0.5, 0.6) is 0 Å². The van der Waals surface area contributed by atoms with Crippen molar-refractivity contribution in [2.24, 2.45) is 23.7 Å². The molecule has 94 valence electrons. The first-order chi connectivity index (χ1) is 8.18. The number of nitrogens with zero attached hydrogens (tertiary/aromatic N) is 1. The Bertz CT molecular complexity index is 349. The highest BCUT2D eigenvalue weighted by atomic mass is 16.4. The van der Waals surface area contributed by atoms with Crippen molar-refractivity contribution in [3.63, 3.8) is 0 Å². The summed E-state index contributed by atoms with van der Waals surface area (Å²) in [5.74, 6) is -0.647. The first-order valence-electron chi connectivity index (χ1n) is 6.70.